The minimum atomic E-state index is 0.466. The predicted octanol–water partition coefficient (Wildman–Crippen LogP) is 1.89. The van der Waals surface area contributed by atoms with Crippen molar-refractivity contribution < 1.29 is 0 Å². The van der Waals surface area contributed by atoms with Gasteiger partial charge in [-0.05, 0) is 21.8 Å². The molecule has 0 aromatic carbocycles. The van der Waals surface area contributed by atoms with Gasteiger partial charge in [-0.2, -0.15) is 4.98 Å². The Morgan fingerprint density at radius 3 is 2.77 bits per heavy atom. The van der Waals surface area contributed by atoms with Crippen molar-refractivity contribution in [3.05, 3.63) is 10.7 Å². The zero-order valence-electron chi connectivity index (χ0n) is 7.71. The van der Waals surface area contributed by atoms with E-state index in [1.54, 1.807) is 6.07 Å². The van der Waals surface area contributed by atoms with E-state index in [0.29, 0.717) is 22.3 Å². The lowest BCUT2D eigenvalue weighted by molar-refractivity contribution is 0.684. The molecule has 3 N–H and O–H groups in total. The van der Waals surface area contributed by atoms with Crippen LogP contribution in [0.4, 0.5) is 11.8 Å². The molecule has 0 unspecified atom stereocenters. The van der Waals surface area contributed by atoms with Gasteiger partial charge in [-0.1, -0.05) is 13.8 Å². The van der Waals surface area contributed by atoms with E-state index in [-0.39, 0.29) is 0 Å². The number of nitrogens with two attached hydrogens (primary N) is 1. The average molecular weight is 245 g/mol. The highest BCUT2D eigenvalue weighted by atomic mass is 79.9. The highest BCUT2D eigenvalue weighted by Gasteiger charge is 2.00. The van der Waals surface area contributed by atoms with E-state index in [2.05, 4.69) is 45.1 Å². The van der Waals surface area contributed by atoms with Gasteiger partial charge >= 0.3 is 0 Å². The summed E-state index contributed by atoms with van der Waals surface area (Å²) in [7, 11) is 0. The van der Waals surface area contributed by atoms with Gasteiger partial charge < -0.3 is 11.1 Å². The quantitative estimate of drug-likeness (QED) is 0.798. The topological polar surface area (TPSA) is 63.8 Å². The third-order valence-corrected chi connectivity index (χ3v) is 1.79. The van der Waals surface area contributed by atoms with Crippen molar-refractivity contribution in [2.24, 2.45) is 5.92 Å². The van der Waals surface area contributed by atoms with Crippen molar-refractivity contribution in [2.45, 2.75) is 13.8 Å². The van der Waals surface area contributed by atoms with Gasteiger partial charge in [-0.25, -0.2) is 4.98 Å². The minimum Gasteiger partial charge on any atom is -0.383 e. The third-order valence-electron chi connectivity index (χ3n) is 1.38. The molecular formula is C8H13BrN4. The van der Waals surface area contributed by atoms with Gasteiger partial charge in [0.15, 0.2) is 0 Å². The number of hydrogen-bond acceptors (Lipinski definition) is 4. The molecule has 0 saturated heterocycles. The van der Waals surface area contributed by atoms with Crippen molar-refractivity contribution in [3.63, 3.8) is 0 Å². The number of aromatic nitrogens is 2. The predicted molar refractivity (Wildman–Crippen MR) is 57.5 cm³/mol. The van der Waals surface area contributed by atoms with Crippen LogP contribution >= 0.6 is 15.9 Å². The minimum absolute atomic E-state index is 0.466. The number of halogens is 1. The molecule has 1 heterocycles. The number of anilines is 2. The van der Waals surface area contributed by atoms with Gasteiger partial charge in [-0.3, -0.25) is 0 Å². The van der Waals surface area contributed by atoms with Crippen molar-refractivity contribution in [3.8, 4) is 0 Å². The number of nitrogens with one attached hydrogen (secondary N) is 1. The lowest BCUT2D eigenvalue weighted by Gasteiger charge is -2.07. The van der Waals surface area contributed by atoms with Gasteiger partial charge in [0.1, 0.15) is 10.4 Å². The molecule has 0 saturated carbocycles. The third kappa shape index (κ3) is 3.59. The zero-order chi connectivity index (χ0) is 9.84. The van der Waals surface area contributed by atoms with Crippen molar-refractivity contribution in [1.29, 1.82) is 0 Å². The lowest BCUT2D eigenvalue weighted by Crippen LogP contribution is -2.11. The Balaban J connectivity index is 2.66. The van der Waals surface area contributed by atoms with Crippen LogP contribution in [0.2, 0.25) is 0 Å². The summed E-state index contributed by atoms with van der Waals surface area (Å²) in [6, 6.07) is 1.67. The lowest BCUT2D eigenvalue weighted by atomic mass is 10.2. The molecule has 13 heavy (non-hydrogen) atoms. The molecule has 1 aromatic rings. The molecule has 0 bridgehead atoms. The fourth-order valence-corrected chi connectivity index (χ4v) is 1.21. The van der Waals surface area contributed by atoms with Crippen LogP contribution in [0.15, 0.2) is 10.7 Å². The molecule has 0 aliphatic carbocycles. The normalized spacial score (nSPS) is 10.5. The summed E-state index contributed by atoms with van der Waals surface area (Å²) in [5.41, 5.74) is 5.54. The highest BCUT2D eigenvalue weighted by Crippen LogP contribution is 2.12. The standard InChI is InChI=1S/C8H13BrN4/c1-5(2)4-11-8-12-6(9)3-7(10)13-8/h3,5H,4H2,1-2H3,(H3,10,11,12,13). The van der Waals surface area contributed by atoms with Gasteiger partial charge in [0.05, 0.1) is 0 Å². The Hall–Kier alpha value is -0.840. The van der Waals surface area contributed by atoms with Crippen LogP contribution in [0.1, 0.15) is 13.8 Å². The summed E-state index contributed by atoms with van der Waals surface area (Å²) in [6.45, 7) is 5.08. The fourth-order valence-electron chi connectivity index (χ4n) is 0.810. The van der Waals surface area contributed by atoms with Crippen LogP contribution in [0.3, 0.4) is 0 Å². The largest absolute Gasteiger partial charge is 0.383 e. The maximum atomic E-state index is 5.54. The van der Waals surface area contributed by atoms with Crippen LogP contribution in [-0.2, 0) is 0 Å². The smallest absolute Gasteiger partial charge is 0.225 e. The Bertz CT molecular complexity index is 267. The molecule has 0 spiro atoms. The number of hydrogen-bond donors (Lipinski definition) is 2. The van der Waals surface area contributed by atoms with E-state index in [4.69, 9.17) is 5.73 Å². The second kappa shape index (κ2) is 4.41. The molecule has 1 rings (SSSR count). The molecule has 0 atom stereocenters. The second-order valence-electron chi connectivity index (χ2n) is 3.21. The van der Waals surface area contributed by atoms with Crippen molar-refractivity contribution in [1.82, 2.24) is 9.97 Å². The first-order chi connectivity index (χ1) is 6.08. The number of nitrogen functional groups attached to an aromatic ring is 1. The molecule has 0 radical (unpaired) electrons. The number of nitrogens with zero attached hydrogens (tertiary/aromatic N) is 2. The van der Waals surface area contributed by atoms with Crippen LogP contribution in [0.25, 0.3) is 0 Å². The zero-order valence-corrected chi connectivity index (χ0v) is 9.30. The van der Waals surface area contributed by atoms with Gasteiger partial charge in [-0.15, -0.1) is 0 Å². The first kappa shape index (κ1) is 10.2. The molecular weight excluding hydrogens is 232 g/mol. The monoisotopic (exact) mass is 244 g/mol. The van der Waals surface area contributed by atoms with E-state index in [1.807, 2.05) is 0 Å². The summed E-state index contributed by atoms with van der Waals surface area (Å²) in [6.07, 6.45) is 0. The molecule has 1 aromatic heterocycles. The molecule has 0 aliphatic heterocycles. The molecule has 4 nitrogen and oxygen atoms in total. The molecule has 0 amide bonds. The van der Waals surface area contributed by atoms with Crippen molar-refractivity contribution in [2.75, 3.05) is 17.6 Å². The van der Waals surface area contributed by atoms with E-state index >= 15 is 0 Å². The van der Waals surface area contributed by atoms with Gasteiger partial charge in [0.25, 0.3) is 0 Å². The Morgan fingerprint density at radius 2 is 2.23 bits per heavy atom. The Morgan fingerprint density at radius 1 is 1.54 bits per heavy atom. The van der Waals surface area contributed by atoms with Crippen molar-refractivity contribution >= 4 is 27.7 Å². The van der Waals surface area contributed by atoms with Gasteiger partial charge in [0, 0.05) is 12.6 Å². The summed E-state index contributed by atoms with van der Waals surface area (Å²) < 4.78 is 0.700. The molecule has 5 heteroatoms. The maximum absolute atomic E-state index is 5.54. The second-order valence-corrected chi connectivity index (χ2v) is 4.03. The van der Waals surface area contributed by atoms with Crippen LogP contribution in [-0.4, -0.2) is 16.5 Å². The Labute approximate surface area is 86.1 Å². The van der Waals surface area contributed by atoms with E-state index < -0.39 is 0 Å². The summed E-state index contributed by atoms with van der Waals surface area (Å²) in [5.74, 6) is 1.59. The molecule has 72 valence electrons. The van der Waals surface area contributed by atoms with Gasteiger partial charge in [0.2, 0.25) is 5.95 Å². The fraction of sp³-hybridized carbons (Fsp3) is 0.500. The van der Waals surface area contributed by atoms with Crippen LogP contribution < -0.4 is 11.1 Å². The first-order valence-electron chi connectivity index (χ1n) is 4.12. The SMILES string of the molecule is CC(C)CNc1nc(N)cc(Br)n1. The highest BCUT2D eigenvalue weighted by molar-refractivity contribution is 9.10. The average Bonchev–Trinajstić information content (AvgIpc) is 1.99. The van der Waals surface area contributed by atoms with E-state index in [9.17, 15) is 0 Å². The summed E-state index contributed by atoms with van der Waals surface area (Å²) in [4.78, 5) is 8.15. The van der Waals surface area contributed by atoms with E-state index in [0.717, 1.165) is 6.54 Å². The number of rotatable bonds is 3. The van der Waals surface area contributed by atoms with E-state index in [1.165, 1.54) is 0 Å². The molecule has 0 fully saturated rings. The maximum Gasteiger partial charge on any atom is 0.225 e. The molecule has 0 aliphatic rings. The van der Waals surface area contributed by atoms with Crippen LogP contribution in [0.5, 0.6) is 0 Å². The summed E-state index contributed by atoms with van der Waals surface area (Å²) in [5, 5.41) is 3.09. The Kier molecular flexibility index (Phi) is 3.48. The summed E-state index contributed by atoms with van der Waals surface area (Å²) >= 11 is 3.25. The van der Waals surface area contributed by atoms with Crippen LogP contribution in [0, 0.1) is 5.92 Å². The first-order valence-corrected chi connectivity index (χ1v) is 4.91.